The van der Waals surface area contributed by atoms with Crippen LogP contribution in [-0.4, -0.2) is 10.7 Å². The van der Waals surface area contributed by atoms with Crippen molar-refractivity contribution in [3.63, 3.8) is 0 Å². The van der Waals surface area contributed by atoms with Gasteiger partial charge in [0.2, 0.25) is 0 Å². The molecule has 1 heterocycles. The minimum Gasteiger partial charge on any atom is -0.277 e. The smallest absolute Gasteiger partial charge is 0.196 e. The fourth-order valence-electron chi connectivity index (χ4n) is 2.59. The summed E-state index contributed by atoms with van der Waals surface area (Å²) >= 11 is 1.42. The van der Waals surface area contributed by atoms with Gasteiger partial charge in [-0.3, -0.25) is 5.43 Å². The first-order chi connectivity index (χ1) is 12.5. The highest BCUT2D eigenvalue weighted by Crippen LogP contribution is 2.24. The van der Waals surface area contributed by atoms with Crippen LogP contribution in [0.2, 0.25) is 0 Å². The molecule has 0 aliphatic heterocycles. The van der Waals surface area contributed by atoms with Gasteiger partial charge in [-0.2, -0.15) is 10.4 Å². The van der Waals surface area contributed by atoms with E-state index in [1.165, 1.54) is 28.0 Å². The van der Waals surface area contributed by atoms with Crippen LogP contribution in [0.4, 0.5) is 5.69 Å². The lowest BCUT2D eigenvalue weighted by molar-refractivity contribution is 1.27. The molecule has 0 spiro atoms. The van der Waals surface area contributed by atoms with Crippen LogP contribution in [-0.2, 0) is 0 Å². The Morgan fingerprint density at radius 3 is 2.54 bits per heavy atom. The third kappa shape index (κ3) is 3.81. The van der Waals surface area contributed by atoms with Crippen LogP contribution in [0.1, 0.15) is 27.3 Å². The first-order valence-corrected chi connectivity index (χ1v) is 9.20. The van der Waals surface area contributed by atoms with Gasteiger partial charge in [0.05, 0.1) is 11.4 Å². The lowest BCUT2D eigenvalue weighted by Gasteiger charge is -2.05. The molecule has 26 heavy (non-hydrogen) atoms. The fourth-order valence-corrected chi connectivity index (χ4v) is 3.36. The van der Waals surface area contributed by atoms with Crippen molar-refractivity contribution in [3.05, 3.63) is 69.0 Å². The number of hydrazone groups is 1. The summed E-state index contributed by atoms with van der Waals surface area (Å²) in [6.45, 7) is 8.23. The van der Waals surface area contributed by atoms with Crippen LogP contribution in [0.25, 0.3) is 11.3 Å². The maximum Gasteiger partial charge on any atom is 0.196 e. The summed E-state index contributed by atoms with van der Waals surface area (Å²) in [7, 11) is 0. The number of thiazole rings is 1. The Morgan fingerprint density at radius 1 is 1.04 bits per heavy atom. The minimum absolute atomic E-state index is 0.282. The van der Waals surface area contributed by atoms with Gasteiger partial charge in [0.15, 0.2) is 10.7 Å². The summed E-state index contributed by atoms with van der Waals surface area (Å²) in [5, 5.41) is 16.3. The van der Waals surface area contributed by atoms with Crippen molar-refractivity contribution in [3.8, 4) is 17.3 Å². The van der Waals surface area contributed by atoms with Crippen molar-refractivity contribution in [1.29, 1.82) is 5.26 Å². The van der Waals surface area contributed by atoms with Crippen molar-refractivity contribution >= 4 is 22.7 Å². The standard InChI is InChI=1S/C21H20N4S/c1-13-5-8-18(16(4)9-13)24-25-19(11-22)21-23-20(12-26-21)17-7-6-14(2)15(3)10-17/h5-10,12,24H,1-4H3/b25-19-. The average Bonchev–Trinajstić information content (AvgIpc) is 3.09. The molecule has 0 aliphatic rings. The number of benzene rings is 2. The fraction of sp³-hybridized carbons (Fsp3) is 0.190. The van der Waals surface area contributed by atoms with E-state index in [1.807, 2.05) is 31.4 Å². The quantitative estimate of drug-likeness (QED) is 0.502. The van der Waals surface area contributed by atoms with Crippen molar-refractivity contribution in [2.75, 3.05) is 5.43 Å². The van der Waals surface area contributed by atoms with Crippen LogP contribution < -0.4 is 5.43 Å². The number of nitrogens with zero attached hydrogens (tertiary/aromatic N) is 3. The third-order valence-corrected chi connectivity index (χ3v) is 5.13. The molecule has 0 atom stereocenters. The van der Waals surface area contributed by atoms with Gasteiger partial charge in [-0.05, 0) is 56.5 Å². The first kappa shape index (κ1) is 17.8. The summed E-state index contributed by atoms with van der Waals surface area (Å²) in [6, 6.07) is 14.4. The number of anilines is 1. The molecule has 0 saturated carbocycles. The Kier molecular flexibility index (Phi) is 5.15. The Hall–Kier alpha value is -2.97. The van der Waals surface area contributed by atoms with Gasteiger partial charge in [-0.1, -0.05) is 29.8 Å². The van der Waals surface area contributed by atoms with Crippen molar-refractivity contribution in [2.24, 2.45) is 5.10 Å². The van der Waals surface area contributed by atoms with E-state index in [-0.39, 0.29) is 5.71 Å². The molecule has 3 rings (SSSR count). The molecule has 1 N–H and O–H groups in total. The molecule has 5 heteroatoms. The topological polar surface area (TPSA) is 61.1 Å². The van der Waals surface area contributed by atoms with E-state index in [2.05, 4.69) is 59.7 Å². The number of hydrogen-bond acceptors (Lipinski definition) is 5. The van der Waals surface area contributed by atoms with Gasteiger partial charge in [0, 0.05) is 10.9 Å². The molecule has 130 valence electrons. The van der Waals surface area contributed by atoms with Gasteiger partial charge in [-0.25, -0.2) is 4.98 Å². The van der Waals surface area contributed by atoms with E-state index in [0.717, 1.165) is 22.5 Å². The Balaban J connectivity index is 1.86. The highest BCUT2D eigenvalue weighted by molar-refractivity contribution is 7.12. The van der Waals surface area contributed by atoms with E-state index >= 15 is 0 Å². The zero-order valence-electron chi connectivity index (χ0n) is 15.3. The van der Waals surface area contributed by atoms with Gasteiger partial charge < -0.3 is 0 Å². The van der Waals surface area contributed by atoms with Crippen molar-refractivity contribution in [2.45, 2.75) is 27.7 Å². The molecule has 0 amide bonds. The molecule has 0 bridgehead atoms. The number of aromatic nitrogens is 1. The maximum atomic E-state index is 9.48. The highest BCUT2D eigenvalue weighted by atomic mass is 32.1. The molecular weight excluding hydrogens is 340 g/mol. The summed E-state index contributed by atoms with van der Waals surface area (Å²) in [4.78, 5) is 4.60. The van der Waals surface area contributed by atoms with E-state index in [0.29, 0.717) is 5.01 Å². The van der Waals surface area contributed by atoms with E-state index in [4.69, 9.17) is 0 Å². The first-order valence-electron chi connectivity index (χ1n) is 8.32. The summed E-state index contributed by atoms with van der Waals surface area (Å²) in [5.41, 5.74) is 10.8. The second kappa shape index (κ2) is 7.51. The monoisotopic (exact) mass is 360 g/mol. The molecule has 0 aliphatic carbocycles. The molecule has 0 fully saturated rings. The summed E-state index contributed by atoms with van der Waals surface area (Å²) < 4.78 is 0. The summed E-state index contributed by atoms with van der Waals surface area (Å²) in [5.74, 6) is 0. The zero-order chi connectivity index (χ0) is 18.7. The Bertz CT molecular complexity index is 1020. The van der Waals surface area contributed by atoms with E-state index in [1.54, 1.807) is 0 Å². The normalized spacial score (nSPS) is 11.3. The molecule has 0 unspecified atom stereocenters. The number of hydrogen-bond donors (Lipinski definition) is 1. The van der Waals surface area contributed by atoms with Crippen LogP contribution >= 0.6 is 11.3 Å². The lowest BCUT2D eigenvalue weighted by atomic mass is 10.1. The van der Waals surface area contributed by atoms with Crippen LogP contribution in [0.3, 0.4) is 0 Å². The highest BCUT2D eigenvalue weighted by Gasteiger charge is 2.11. The van der Waals surface area contributed by atoms with Gasteiger partial charge in [0.1, 0.15) is 6.07 Å². The van der Waals surface area contributed by atoms with Crippen LogP contribution in [0, 0.1) is 39.0 Å². The van der Waals surface area contributed by atoms with Crippen LogP contribution in [0.5, 0.6) is 0 Å². The number of aryl methyl sites for hydroxylation is 4. The third-order valence-electron chi connectivity index (χ3n) is 4.29. The predicted octanol–water partition coefficient (Wildman–Crippen LogP) is 5.38. The molecule has 4 nitrogen and oxygen atoms in total. The molecule has 3 aromatic rings. The minimum atomic E-state index is 0.282. The summed E-state index contributed by atoms with van der Waals surface area (Å²) in [6.07, 6.45) is 0. The molecular formula is C21H20N4S. The van der Waals surface area contributed by atoms with E-state index < -0.39 is 0 Å². The molecule has 0 radical (unpaired) electrons. The largest absolute Gasteiger partial charge is 0.277 e. The molecule has 0 saturated heterocycles. The average molecular weight is 360 g/mol. The lowest BCUT2D eigenvalue weighted by Crippen LogP contribution is -2.02. The predicted molar refractivity (Wildman–Crippen MR) is 109 cm³/mol. The number of rotatable bonds is 4. The van der Waals surface area contributed by atoms with Crippen LogP contribution in [0.15, 0.2) is 46.9 Å². The van der Waals surface area contributed by atoms with Gasteiger partial charge in [-0.15, -0.1) is 11.3 Å². The maximum absolute atomic E-state index is 9.48. The number of nitrogens with one attached hydrogen (secondary N) is 1. The second-order valence-corrected chi connectivity index (χ2v) is 7.20. The SMILES string of the molecule is Cc1ccc(N/N=C(/C#N)c2nc(-c3ccc(C)c(C)c3)cs2)c(C)c1. The van der Waals surface area contributed by atoms with Crippen molar-refractivity contribution in [1.82, 2.24) is 4.98 Å². The zero-order valence-corrected chi connectivity index (χ0v) is 16.1. The second-order valence-electron chi connectivity index (χ2n) is 6.34. The van der Waals surface area contributed by atoms with Gasteiger partial charge >= 0.3 is 0 Å². The molecule has 1 aromatic heterocycles. The van der Waals surface area contributed by atoms with Gasteiger partial charge in [0.25, 0.3) is 0 Å². The Morgan fingerprint density at radius 2 is 1.85 bits per heavy atom. The Labute approximate surface area is 157 Å². The van der Waals surface area contributed by atoms with E-state index in [9.17, 15) is 5.26 Å². The number of nitriles is 1. The van der Waals surface area contributed by atoms with Crippen molar-refractivity contribution < 1.29 is 0 Å². The molecule has 2 aromatic carbocycles.